The zero-order valence-corrected chi connectivity index (χ0v) is 15.9. The lowest BCUT2D eigenvalue weighted by Crippen LogP contribution is -2.46. The first-order valence-corrected chi connectivity index (χ1v) is 9.93. The highest BCUT2D eigenvalue weighted by Gasteiger charge is 2.42. The van der Waals surface area contributed by atoms with Gasteiger partial charge in [-0.15, -0.1) is 0 Å². The number of carbonyl (C=O) groups is 1. The normalized spacial score (nSPS) is 19.2. The van der Waals surface area contributed by atoms with Crippen molar-refractivity contribution in [1.82, 2.24) is 5.16 Å². The van der Waals surface area contributed by atoms with E-state index >= 15 is 0 Å². The number of aromatic nitrogens is 1. The molecule has 0 aliphatic carbocycles. The summed E-state index contributed by atoms with van der Waals surface area (Å²) in [5, 5.41) is 15.9. The van der Waals surface area contributed by atoms with Crippen LogP contribution in [-0.2, 0) is 25.0 Å². The second-order valence-electron chi connectivity index (χ2n) is 7.34. The van der Waals surface area contributed by atoms with E-state index in [4.69, 9.17) is 9.26 Å². The van der Waals surface area contributed by atoms with Gasteiger partial charge < -0.3 is 14.4 Å². The molecule has 2 rings (SSSR count). The van der Waals surface area contributed by atoms with Gasteiger partial charge in [-0.2, -0.15) is 0 Å². The molecule has 1 aliphatic heterocycles. The number of ether oxygens (including phenoxy) is 1. The Balaban J connectivity index is 2.03. The maximum Gasteiger partial charge on any atom is 0.247 e. The van der Waals surface area contributed by atoms with E-state index in [1.165, 1.54) is 33.8 Å². The molecule has 1 amide bonds. The van der Waals surface area contributed by atoms with Crippen molar-refractivity contribution in [2.24, 2.45) is 0 Å². The lowest BCUT2D eigenvalue weighted by atomic mass is 10.1. The molecule has 9 heteroatoms. The summed E-state index contributed by atoms with van der Waals surface area (Å²) in [7, 11) is -3.69. The maximum atomic E-state index is 12.6. The summed E-state index contributed by atoms with van der Waals surface area (Å²) in [5.74, 6) is -0.841. The van der Waals surface area contributed by atoms with Gasteiger partial charge in [0.05, 0.1) is 11.9 Å². The average Bonchev–Trinajstić information content (AvgIpc) is 3.15. The van der Waals surface area contributed by atoms with Gasteiger partial charge in [0.2, 0.25) is 11.8 Å². The number of hydrogen-bond donors (Lipinski definition) is 2. The van der Waals surface area contributed by atoms with Crippen molar-refractivity contribution in [3.63, 3.8) is 0 Å². The van der Waals surface area contributed by atoms with Crippen molar-refractivity contribution >= 4 is 21.6 Å². The zero-order chi connectivity index (χ0) is 18.9. The third-order valence-electron chi connectivity index (χ3n) is 4.43. The highest BCUT2D eigenvalue weighted by Crippen LogP contribution is 2.26. The monoisotopic (exact) mass is 374 g/mol. The molecule has 25 heavy (non-hydrogen) atoms. The summed E-state index contributed by atoms with van der Waals surface area (Å²) in [5.41, 5.74) is -0.989. The van der Waals surface area contributed by atoms with Crippen molar-refractivity contribution in [1.29, 1.82) is 0 Å². The Hall–Kier alpha value is -1.45. The van der Waals surface area contributed by atoms with Crippen LogP contribution in [0.5, 0.6) is 0 Å². The highest BCUT2D eigenvalue weighted by atomic mass is 32.2. The van der Waals surface area contributed by atoms with E-state index < -0.39 is 26.1 Å². The highest BCUT2D eigenvalue weighted by molar-refractivity contribution is 7.93. The fourth-order valence-corrected chi connectivity index (χ4v) is 3.86. The summed E-state index contributed by atoms with van der Waals surface area (Å²) >= 11 is 0. The standard InChI is InChI=1S/C16H26N2O6S/c1-15(2,20)12-10-13(24-18-12)17-14(19)16(3,4)25(21,22)9-7-11-6-5-8-23-11/h10-11,20H,5-9H2,1-4H3,(H,17,19)/t11-/m1/s1. The van der Waals surface area contributed by atoms with Crippen LogP contribution in [0.4, 0.5) is 5.88 Å². The first kappa shape index (κ1) is 19.9. The molecule has 0 unspecified atom stereocenters. The predicted molar refractivity (Wildman–Crippen MR) is 91.8 cm³/mol. The molecule has 2 heterocycles. The van der Waals surface area contributed by atoms with Crippen LogP contribution in [0, 0.1) is 0 Å². The Bertz CT molecular complexity index is 711. The first-order chi connectivity index (χ1) is 11.4. The Labute approximate surface area is 147 Å². The van der Waals surface area contributed by atoms with Gasteiger partial charge in [-0.3, -0.25) is 10.1 Å². The quantitative estimate of drug-likeness (QED) is 0.744. The third-order valence-corrected chi connectivity index (χ3v) is 6.94. The number of carbonyl (C=O) groups excluding carboxylic acids is 1. The van der Waals surface area contributed by atoms with Crippen molar-refractivity contribution < 1.29 is 27.6 Å². The van der Waals surface area contributed by atoms with Gasteiger partial charge in [-0.05, 0) is 47.0 Å². The molecular formula is C16H26N2O6S. The summed E-state index contributed by atoms with van der Waals surface area (Å²) in [4.78, 5) is 12.5. The minimum Gasteiger partial charge on any atom is -0.384 e. The molecule has 0 radical (unpaired) electrons. The Morgan fingerprint density at radius 2 is 2.08 bits per heavy atom. The third kappa shape index (κ3) is 4.59. The molecule has 1 aromatic rings. The van der Waals surface area contributed by atoms with E-state index in [-0.39, 0.29) is 23.4 Å². The van der Waals surface area contributed by atoms with Crippen molar-refractivity contribution in [3.05, 3.63) is 11.8 Å². The molecular weight excluding hydrogens is 348 g/mol. The number of nitrogens with one attached hydrogen (secondary N) is 1. The molecule has 1 aromatic heterocycles. The van der Waals surface area contributed by atoms with Crippen molar-refractivity contribution in [2.75, 3.05) is 17.7 Å². The van der Waals surface area contributed by atoms with Crippen LogP contribution in [0.15, 0.2) is 10.6 Å². The van der Waals surface area contributed by atoms with Gasteiger partial charge in [-0.1, -0.05) is 5.16 Å². The van der Waals surface area contributed by atoms with Gasteiger partial charge in [0.25, 0.3) is 0 Å². The molecule has 1 atom stereocenters. The lowest BCUT2D eigenvalue weighted by molar-refractivity contribution is -0.118. The summed E-state index contributed by atoms with van der Waals surface area (Å²) in [6.07, 6.45) is 2.10. The molecule has 0 spiro atoms. The smallest absolute Gasteiger partial charge is 0.247 e. The number of aliphatic hydroxyl groups is 1. The predicted octanol–water partition coefficient (Wildman–Crippen LogP) is 1.60. The van der Waals surface area contributed by atoms with E-state index in [2.05, 4.69) is 10.5 Å². The second kappa shape index (κ2) is 7.05. The zero-order valence-electron chi connectivity index (χ0n) is 15.0. The van der Waals surface area contributed by atoms with Crippen LogP contribution in [0.3, 0.4) is 0 Å². The molecule has 142 valence electrons. The number of amides is 1. The van der Waals surface area contributed by atoms with Crippen molar-refractivity contribution in [2.45, 2.75) is 63.4 Å². The number of rotatable bonds is 7. The van der Waals surface area contributed by atoms with Crippen LogP contribution >= 0.6 is 0 Å². The minimum atomic E-state index is -3.69. The topological polar surface area (TPSA) is 119 Å². The molecule has 0 bridgehead atoms. The largest absolute Gasteiger partial charge is 0.384 e. The lowest BCUT2D eigenvalue weighted by Gasteiger charge is -2.23. The van der Waals surface area contributed by atoms with Crippen LogP contribution < -0.4 is 5.32 Å². The van der Waals surface area contributed by atoms with E-state index in [9.17, 15) is 18.3 Å². The van der Waals surface area contributed by atoms with Gasteiger partial charge in [0, 0.05) is 12.7 Å². The molecule has 8 nitrogen and oxygen atoms in total. The molecule has 1 saturated heterocycles. The van der Waals surface area contributed by atoms with E-state index in [0.717, 1.165) is 12.8 Å². The minimum absolute atomic E-state index is 0.00970. The number of nitrogens with zero attached hydrogens (tertiary/aromatic N) is 1. The first-order valence-electron chi connectivity index (χ1n) is 8.28. The van der Waals surface area contributed by atoms with Crippen LogP contribution in [0.1, 0.15) is 52.7 Å². The van der Waals surface area contributed by atoms with Crippen LogP contribution in [0.2, 0.25) is 0 Å². The molecule has 1 fully saturated rings. The fourth-order valence-electron chi connectivity index (χ4n) is 2.44. The van der Waals surface area contributed by atoms with E-state index in [1.807, 2.05) is 0 Å². The maximum absolute atomic E-state index is 12.6. The Morgan fingerprint density at radius 1 is 1.40 bits per heavy atom. The second-order valence-corrected chi connectivity index (χ2v) is 10.0. The Kier molecular flexibility index (Phi) is 5.60. The van der Waals surface area contributed by atoms with Crippen LogP contribution in [-0.4, -0.2) is 47.8 Å². The Morgan fingerprint density at radius 3 is 2.60 bits per heavy atom. The van der Waals surface area contributed by atoms with Gasteiger partial charge in [-0.25, -0.2) is 8.42 Å². The molecule has 0 aromatic carbocycles. The fraction of sp³-hybridized carbons (Fsp3) is 0.750. The summed E-state index contributed by atoms with van der Waals surface area (Å²) in [6, 6.07) is 1.37. The molecule has 0 saturated carbocycles. The summed E-state index contributed by atoms with van der Waals surface area (Å²) in [6.45, 7) is 6.43. The number of hydrogen-bond acceptors (Lipinski definition) is 7. The number of anilines is 1. The van der Waals surface area contributed by atoms with Crippen LogP contribution in [0.25, 0.3) is 0 Å². The van der Waals surface area contributed by atoms with Gasteiger partial charge in [0.1, 0.15) is 16.0 Å². The van der Waals surface area contributed by atoms with Gasteiger partial charge >= 0.3 is 0 Å². The van der Waals surface area contributed by atoms with Crippen molar-refractivity contribution in [3.8, 4) is 0 Å². The SMILES string of the molecule is CC(C)(O)c1cc(NC(=O)C(C)(C)S(=O)(=O)CC[C@H]2CCCO2)on1. The van der Waals surface area contributed by atoms with Gasteiger partial charge in [0.15, 0.2) is 9.84 Å². The molecule has 1 aliphatic rings. The van der Waals surface area contributed by atoms with E-state index in [0.29, 0.717) is 13.0 Å². The summed E-state index contributed by atoms with van der Waals surface area (Å²) < 4.78 is 34.0. The number of sulfone groups is 1. The van der Waals surface area contributed by atoms with E-state index in [1.54, 1.807) is 0 Å². The molecule has 2 N–H and O–H groups in total. The average molecular weight is 374 g/mol.